The summed E-state index contributed by atoms with van der Waals surface area (Å²) in [4.78, 5) is 4.06. The minimum Gasteiger partial charge on any atom is -0.317 e. The standard InChI is InChI=1S/C13H23N3O2S/c1-3-8-14-9-4-5-11-19(17,18)16-13-7-6-10-15-12(13)2/h6-7,10,14,16H,3-5,8-9,11H2,1-2H3. The molecule has 2 N–H and O–H groups in total. The summed E-state index contributed by atoms with van der Waals surface area (Å²) in [6, 6.07) is 3.45. The lowest BCUT2D eigenvalue weighted by Gasteiger charge is -2.09. The van der Waals surface area contributed by atoms with Crippen LogP contribution in [0.15, 0.2) is 18.3 Å². The van der Waals surface area contributed by atoms with Gasteiger partial charge in [-0.25, -0.2) is 8.42 Å². The lowest BCUT2D eigenvalue weighted by atomic mass is 10.3. The molecule has 0 atom stereocenters. The Morgan fingerprint density at radius 1 is 1.26 bits per heavy atom. The van der Waals surface area contributed by atoms with Crippen molar-refractivity contribution in [2.45, 2.75) is 33.1 Å². The van der Waals surface area contributed by atoms with Gasteiger partial charge in [0.25, 0.3) is 0 Å². The van der Waals surface area contributed by atoms with E-state index >= 15 is 0 Å². The van der Waals surface area contributed by atoms with Crippen molar-refractivity contribution in [2.24, 2.45) is 0 Å². The molecule has 0 bridgehead atoms. The molecule has 0 aliphatic rings. The van der Waals surface area contributed by atoms with Gasteiger partial charge in [0.05, 0.1) is 17.1 Å². The average molecular weight is 285 g/mol. The Morgan fingerprint density at radius 3 is 2.74 bits per heavy atom. The molecule has 5 nitrogen and oxygen atoms in total. The third-order valence-electron chi connectivity index (χ3n) is 2.72. The molecule has 108 valence electrons. The summed E-state index contributed by atoms with van der Waals surface area (Å²) in [7, 11) is -3.27. The van der Waals surface area contributed by atoms with Crippen molar-refractivity contribution in [2.75, 3.05) is 23.6 Å². The van der Waals surface area contributed by atoms with Crippen molar-refractivity contribution in [3.63, 3.8) is 0 Å². The predicted molar refractivity (Wildman–Crippen MR) is 78.8 cm³/mol. The van der Waals surface area contributed by atoms with Crippen molar-refractivity contribution in [3.05, 3.63) is 24.0 Å². The Kier molecular flexibility index (Phi) is 6.80. The molecule has 0 fully saturated rings. The monoisotopic (exact) mass is 285 g/mol. The molecule has 0 saturated heterocycles. The van der Waals surface area contributed by atoms with E-state index in [-0.39, 0.29) is 5.75 Å². The highest BCUT2D eigenvalue weighted by atomic mass is 32.2. The smallest absolute Gasteiger partial charge is 0.232 e. The Bertz CT molecular complexity index is 475. The Balaban J connectivity index is 2.34. The second kappa shape index (κ2) is 8.12. The minimum absolute atomic E-state index is 0.148. The van der Waals surface area contributed by atoms with E-state index in [1.54, 1.807) is 25.3 Å². The molecule has 1 rings (SSSR count). The molecule has 0 unspecified atom stereocenters. The van der Waals surface area contributed by atoms with Crippen LogP contribution in [0.3, 0.4) is 0 Å². The zero-order chi connectivity index (χ0) is 14.1. The van der Waals surface area contributed by atoms with E-state index in [1.165, 1.54) is 0 Å². The molecule has 0 amide bonds. The number of rotatable bonds is 9. The van der Waals surface area contributed by atoms with E-state index in [9.17, 15) is 8.42 Å². The highest BCUT2D eigenvalue weighted by Crippen LogP contribution is 2.13. The number of pyridine rings is 1. The number of nitrogens with zero attached hydrogens (tertiary/aromatic N) is 1. The Morgan fingerprint density at radius 2 is 2.05 bits per heavy atom. The molecular weight excluding hydrogens is 262 g/mol. The molecule has 6 heteroatoms. The normalized spacial score (nSPS) is 11.5. The largest absolute Gasteiger partial charge is 0.317 e. The number of hydrogen-bond acceptors (Lipinski definition) is 4. The highest BCUT2D eigenvalue weighted by molar-refractivity contribution is 7.92. The number of nitrogens with one attached hydrogen (secondary N) is 2. The van der Waals surface area contributed by atoms with Crippen LogP contribution in [-0.2, 0) is 10.0 Å². The zero-order valence-corrected chi connectivity index (χ0v) is 12.5. The Labute approximate surface area is 115 Å². The highest BCUT2D eigenvalue weighted by Gasteiger charge is 2.11. The first-order valence-corrected chi connectivity index (χ1v) is 8.33. The Hall–Kier alpha value is -1.14. The molecule has 0 aromatic carbocycles. The first-order valence-electron chi connectivity index (χ1n) is 6.68. The topological polar surface area (TPSA) is 71.1 Å². The number of hydrogen-bond donors (Lipinski definition) is 2. The number of aryl methyl sites for hydroxylation is 1. The first-order chi connectivity index (χ1) is 9.05. The minimum atomic E-state index is -3.27. The van der Waals surface area contributed by atoms with Gasteiger partial charge in [0.1, 0.15) is 0 Å². The second-order valence-electron chi connectivity index (χ2n) is 4.51. The van der Waals surface area contributed by atoms with Gasteiger partial charge in [-0.15, -0.1) is 0 Å². The van der Waals surface area contributed by atoms with Crippen LogP contribution >= 0.6 is 0 Å². The molecule has 1 aromatic heterocycles. The third kappa shape index (κ3) is 6.54. The van der Waals surface area contributed by atoms with Crippen molar-refractivity contribution in [1.29, 1.82) is 0 Å². The summed E-state index contributed by atoms with van der Waals surface area (Å²) in [6.45, 7) is 5.75. The molecule has 19 heavy (non-hydrogen) atoms. The number of sulfonamides is 1. The molecule has 0 spiro atoms. The fourth-order valence-electron chi connectivity index (χ4n) is 1.65. The zero-order valence-electron chi connectivity index (χ0n) is 11.6. The van der Waals surface area contributed by atoms with Crippen LogP contribution in [0.5, 0.6) is 0 Å². The number of unbranched alkanes of at least 4 members (excludes halogenated alkanes) is 1. The molecule has 0 saturated carbocycles. The molecule has 1 aromatic rings. The van der Waals surface area contributed by atoms with E-state index in [0.717, 1.165) is 25.9 Å². The van der Waals surface area contributed by atoms with Gasteiger partial charge in [0.2, 0.25) is 10.0 Å². The first kappa shape index (κ1) is 15.9. The van der Waals surface area contributed by atoms with E-state index in [2.05, 4.69) is 21.9 Å². The van der Waals surface area contributed by atoms with Gasteiger partial charge in [0, 0.05) is 6.20 Å². The summed E-state index contributed by atoms with van der Waals surface area (Å²) in [5, 5.41) is 3.25. The quantitative estimate of drug-likeness (QED) is 0.680. The molecule has 0 radical (unpaired) electrons. The molecule has 1 heterocycles. The summed E-state index contributed by atoms with van der Waals surface area (Å²) in [5.41, 5.74) is 1.25. The molecular formula is C13H23N3O2S. The van der Waals surface area contributed by atoms with E-state index in [0.29, 0.717) is 17.8 Å². The fourth-order valence-corrected chi connectivity index (χ4v) is 2.89. The van der Waals surface area contributed by atoms with Crippen molar-refractivity contribution in [3.8, 4) is 0 Å². The second-order valence-corrected chi connectivity index (χ2v) is 6.36. The van der Waals surface area contributed by atoms with Gasteiger partial charge in [-0.05, 0) is 51.4 Å². The fraction of sp³-hybridized carbons (Fsp3) is 0.615. The third-order valence-corrected chi connectivity index (χ3v) is 4.07. The number of anilines is 1. The summed E-state index contributed by atoms with van der Waals surface area (Å²) in [6.07, 6.45) is 4.27. The predicted octanol–water partition coefficient (Wildman–Crippen LogP) is 1.91. The van der Waals surface area contributed by atoms with Crippen LogP contribution in [0, 0.1) is 6.92 Å². The van der Waals surface area contributed by atoms with Gasteiger partial charge in [0.15, 0.2) is 0 Å². The van der Waals surface area contributed by atoms with Crippen molar-refractivity contribution < 1.29 is 8.42 Å². The average Bonchev–Trinajstić information content (AvgIpc) is 2.36. The summed E-state index contributed by atoms with van der Waals surface area (Å²) in [5.74, 6) is 0.148. The molecule has 0 aliphatic heterocycles. The maximum absolute atomic E-state index is 11.9. The summed E-state index contributed by atoms with van der Waals surface area (Å²) < 4.78 is 26.3. The lowest BCUT2D eigenvalue weighted by molar-refractivity contribution is 0.590. The van der Waals surface area contributed by atoms with Crippen molar-refractivity contribution >= 4 is 15.7 Å². The number of aromatic nitrogens is 1. The van der Waals surface area contributed by atoms with Crippen molar-refractivity contribution in [1.82, 2.24) is 10.3 Å². The van der Waals surface area contributed by atoms with Crippen LogP contribution in [0.2, 0.25) is 0 Å². The van der Waals surface area contributed by atoms with Gasteiger partial charge in [-0.2, -0.15) is 0 Å². The van der Waals surface area contributed by atoms with E-state index < -0.39 is 10.0 Å². The van der Waals surface area contributed by atoms with Gasteiger partial charge in [-0.3, -0.25) is 9.71 Å². The van der Waals surface area contributed by atoms with Crippen LogP contribution in [0.25, 0.3) is 0 Å². The van der Waals surface area contributed by atoms with Crippen LogP contribution in [0.1, 0.15) is 31.9 Å². The SMILES string of the molecule is CCCNCCCCS(=O)(=O)Nc1cccnc1C. The van der Waals surface area contributed by atoms with Gasteiger partial charge >= 0.3 is 0 Å². The van der Waals surface area contributed by atoms with Gasteiger partial charge in [-0.1, -0.05) is 6.92 Å². The van der Waals surface area contributed by atoms with Crippen LogP contribution in [-0.4, -0.2) is 32.2 Å². The van der Waals surface area contributed by atoms with Gasteiger partial charge < -0.3 is 5.32 Å². The van der Waals surface area contributed by atoms with E-state index in [4.69, 9.17) is 0 Å². The lowest BCUT2D eigenvalue weighted by Crippen LogP contribution is -2.20. The van der Waals surface area contributed by atoms with Crippen LogP contribution in [0.4, 0.5) is 5.69 Å². The maximum Gasteiger partial charge on any atom is 0.232 e. The maximum atomic E-state index is 11.9. The van der Waals surface area contributed by atoms with E-state index in [1.807, 2.05) is 0 Å². The molecule has 0 aliphatic carbocycles. The summed E-state index contributed by atoms with van der Waals surface area (Å²) >= 11 is 0. The van der Waals surface area contributed by atoms with Crippen LogP contribution < -0.4 is 10.0 Å².